The fraction of sp³-hybridized carbons (Fsp3) is 0.579. The van der Waals surface area contributed by atoms with Crippen LogP contribution in [0.3, 0.4) is 0 Å². The van der Waals surface area contributed by atoms with Crippen LogP contribution < -0.4 is 16.4 Å². The zero-order chi connectivity index (χ0) is 18.3. The van der Waals surface area contributed by atoms with Crippen LogP contribution in [-0.2, 0) is 7.05 Å². The first-order valence-electron chi connectivity index (χ1n) is 9.32. The number of hydrogen-bond donors (Lipinski definition) is 3. The van der Waals surface area contributed by atoms with Gasteiger partial charge in [-0.2, -0.15) is 0 Å². The van der Waals surface area contributed by atoms with Gasteiger partial charge >= 0.3 is 5.76 Å². The number of aliphatic hydroxyl groups is 1. The topological polar surface area (TPSA) is 96.5 Å². The van der Waals surface area contributed by atoms with Crippen LogP contribution in [0.25, 0.3) is 11.1 Å². The molecule has 4 rings (SSSR count). The van der Waals surface area contributed by atoms with Crippen LogP contribution in [0, 0.1) is 11.8 Å². The first-order chi connectivity index (χ1) is 12.5. The predicted molar refractivity (Wildman–Crippen MR) is 97.0 cm³/mol. The number of hydrogen-bond acceptors (Lipinski definition) is 5. The van der Waals surface area contributed by atoms with Crippen LogP contribution >= 0.6 is 0 Å². The first-order valence-corrected chi connectivity index (χ1v) is 9.32. The van der Waals surface area contributed by atoms with Gasteiger partial charge in [0, 0.05) is 18.7 Å². The van der Waals surface area contributed by atoms with Crippen LogP contribution in [0.15, 0.2) is 27.4 Å². The minimum absolute atomic E-state index is 0.0804. The molecule has 0 unspecified atom stereocenters. The van der Waals surface area contributed by atoms with Crippen LogP contribution in [0.2, 0.25) is 0 Å². The Morgan fingerprint density at radius 3 is 2.73 bits per heavy atom. The number of rotatable bonds is 4. The van der Waals surface area contributed by atoms with Gasteiger partial charge in [-0.3, -0.25) is 9.36 Å². The average molecular weight is 359 g/mol. The summed E-state index contributed by atoms with van der Waals surface area (Å²) in [5.41, 5.74) is 1.61. The number of nitrogens with zero attached hydrogens (tertiary/aromatic N) is 1. The molecule has 1 aromatic heterocycles. The van der Waals surface area contributed by atoms with Crippen molar-refractivity contribution in [2.75, 3.05) is 13.1 Å². The molecule has 0 radical (unpaired) electrons. The number of aromatic nitrogens is 1. The highest BCUT2D eigenvalue weighted by Gasteiger charge is 2.39. The van der Waals surface area contributed by atoms with Gasteiger partial charge in [0.2, 0.25) is 0 Å². The number of oxazole rings is 1. The van der Waals surface area contributed by atoms with E-state index in [9.17, 15) is 14.7 Å². The van der Waals surface area contributed by atoms with Gasteiger partial charge in [0.1, 0.15) is 0 Å². The molecule has 0 bridgehead atoms. The van der Waals surface area contributed by atoms with Crippen molar-refractivity contribution in [2.45, 2.75) is 37.8 Å². The summed E-state index contributed by atoms with van der Waals surface area (Å²) < 4.78 is 6.53. The number of amides is 1. The zero-order valence-corrected chi connectivity index (χ0v) is 14.9. The molecule has 1 atom stereocenters. The average Bonchev–Trinajstić information content (AvgIpc) is 2.91. The van der Waals surface area contributed by atoms with Crippen LogP contribution in [0.1, 0.15) is 36.0 Å². The molecular formula is C19H25N3O4. The van der Waals surface area contributed by atoms with Crippen LogP contribution in [0.4, 0.5) is 0 Å². The number of carbonyl (C=O) groups excluding carboxylic acids is 1. The van der Waals surface area contributed by atoms with E-state index < -0.39 is 5.76 Å². The van der Waals surface area contributed by atoms with Crippen molar-refractivity contribution in [3.8, 4) is 0 Å². The Labute approximate surface area is 151 Å². The molecule has 2 aliphatic rings. The maximum Gasteiger partial charge on any atom is 0.419 e. The smallest absolute Gasteiger partial charge is 0.408 e. The molecule has 2 heterocycles. The number of carbonyl (C=O) groups is 1. The lowest BCUT2D eigenvalue weighted by Gasteiger charge is -2.43. The van der Waals surface area contributed by atoms with E-state index in [1.165, 1.54) is 4.57 Å². The Kier molecular flexibility index (Phi) is 4.58. The van der Waals surface area contributed by atoms with E-state index in [4.69, 9.17) is 4.42 Å². The van der Waals surface area contributed by atoms with Gasteiger partial charge in [-0.1, -0.05) is 0 Å². The molecule has 140 valence electrons. The summed E-state index contributed by atoms with van der Waals surface area (Å²) in [6, 6.07) is 5.13. The summed E-state index contributed by atoms with van der Waals surface area (Å²) in [7, 11) is 1.63. The number of piperidine rings is 1. The van der Waals surface area contributed by atoms with Crippen molar-refractivity contribution in [2.24, 2.45) is 18.9 Å². The van der Waals surface area contributed by atoms with E-state index in [-0.39, 0.29) is 18.1 Å². The SMILES string of the molecule is Cn1c(=O)oc2ccc(C(=O)N[C@H](C3CCNCC3)C3CC(O)C3)cc21. The predicted octanol–water partition coefficient (Wildman–Crippen LogP) is 1.00. The fourth-order valence-electron chi connectivity index (χ4n) is 4.25. The Bertz CT molecular complexity index is 859. The Hall–Kier alpha value is -2.12. The molecule has 1 saturated heterocycles. The molecule has 2 fully saturated rings. The maximum atomic E-state index is 12.9. The van der Waals surface area contributed by atoms with E-state index in [2.05, 4.69) is 10.6 Å². The van der Waals surface area contributed by atoms with Gasteiger partial charge in [-0.25, -0.2) is 4.79 Å². The van der Waals surface area contributed by atoms with Gasteiger partial charge < -0.3 is 20.2 Å². The summed E-state index contributed by atoms with van der Waals surface area (Å²) in [4.78, 5) is 24.5. The Morgan fingerprint density at radius 2 is 2.04 bits per heavy atom. The third kappa shape index (κ3) is 3.17. The van der Waals surface area contributed by atoms with E-state index in [1.54, 1.807) is 25.2 Å². The van der Waals surface area contributed by atoms with Crippen molar-refractivity contribution in [3.05, 3.63) is 34.3 Å². The number of aliphatic hydroxyl groups excluding tert-OH is 1. The molecule has 7 nitrogen and oxygen atoms in total. The fourth-order valence-corrected chi connectivity index (χ4v) is 4.25. The maximum absolute atomic E-state index is 12.9. The van der Waals surface area contributed by atoms with E-state index in [1.807, 2.05) is 0 Å². The van der Waals surface area contributed by atoms with Gasteiger partial charge in [-0.05, 0) is 68.8 Å². The molecule has 0 spiro atoms. The Balaban J connectivity index is 1.55. The lowest BCUT2D eigenvalue weighted by Crippen LogP contribution is -2.52. The highest BCUT2D eigenvalue weighted by atomic mass is 16.4. The zero-order valence-electron chi connectivity index (χ0n) is 14.9. The van der Waals surface area contributed by atoms with Gasteiger partial charge in [0.15, 0.2) is 5.58 Å². The molecule has 2 aromatic rings. The Morgan fingerprint density at radius 1 is 1.31 bits per heavy atom. The van der Waals surface area contributed by atoms with Crippen molar-refractivity contribution >= 4 is 17.0 Å². The highest BCUT2D eigenvalue weighted by molar-refractivity contribution is 5.97. The standard InChI is InChI=1S/C19H25N3O4/c1-22-15-10-12(2-3-16(15)26-19(22)25)18(24)21-17(13-8-14(23)9-13)11-4-6-20-7-5-11/h2-3,10-11,13-14,17,20,23H,4-9H2,1H3,(H,21,24)/t13?,14?,17-/m1/s1. The van der Waals surface area contributed by atoms with Crippen molar-refractivity contribution < 1.29 is 14.3 Å². The largest absolute Gasteiger partial charge is 0.419 e. The van der Waals surface area contributed by atoms with Crippen molar-refractivity contribution in [1.82, 2.24) is 15.2 Å². The van der Waals surface area contributed by atoms with Gasteiger partial charge in [0.05, 0.1) is 11.6 Å². The number of nitrogens with one attached hydrogen (secondary N) is 2. The molecule has 1 aliphatic carbocycles. The molecule has 7 heteroatoms. The minimum Gasteiger partial charge on any atom is -0.408 e. The number of aryl methyl sites for hydroxylation is 1. The lowest BCUT2D eigenvalue weighted by atomic mass is 9.71. The summed E-state index contributed by atoms with van der Waals surface area (Å²) in [6.45, 7) is 1.94. The molecular weight excluding hydrogens is 334 g/mol. The van der Waals surface area contributed by atoms with Crippen molar-refractivity contribution in [3.63, 3.8) is 0 Å². The first kappa shape index (κ1) is 17.3. The minimum atomic E-state index is -0.436. The molecule has 1 aromatic carbocycles. The van der Waals surface area contributed by atoms with Gasteiger partial charge in [0.25, 0.3) is 5.91 Å². The van der Waals surface area contributed by atoms with Crippen molar-refractivity contribution in [1.29, 1.82) is 0 Å². The highest BCUT2D eigenvalue weighted by Crippen LogP contribution is 2.36. The third-order valence-electron chi connectivity index (χ3n) is 5.90. The molecule has 1 saturated carbocycles. The second-order valence-electron chi connectivity index (χ2n) is 7.58. The number of fused-ring (bicyclic) bond motifs is 1. The third-order valence-corrected chi connectivity index (χ3v) is 5.90. The normalized spacial score (nSPS) is 25.0. The van der Waals surface area contributed by atoms with Crippen LogP contribution in [0.5, 0.6) is 0 Å². The second-order valence-corrected chi connectivity index (χ2v) is 7.58. The number of benzene rings is 1. The molecule has 3 N–H and O–H groups in total. The molecule has 1 amide bonds. The quantitative estimate of drug-likeness (QED) is 0.757. The van der Waals surface area contributed by atoms with Gasteiger partial charge in [-0.15, -0.1) is 0 Å². The second kappa shape index (κ2) is 6.89. The summed E-state index contributed by atoms with van der Waals surface area (Å²) in [5.74, 6) is 0.192. The summed E-state index contributed by atoms with van der Waals surface area (Å²) in [5, 5.41) is 16.3. The molecule has 26 heavy (non-hydrogen) atoms. The lowest BCUT2D eigenvalue weighted by molar-refractivity contribution is 0.00919. The summed E-state index contributed by atoms with van der Waals surface area (Å²) in [6.07, 6.45) is 3.34. The van der Waals surface area contributed by atoms with E-state index in [0.717, 1.165) is 38.8 Å². The van der Waals surface area contributed by atoms with E-state index in [0.29, 0.717) is 28.5 Å². The molecule has 1 aliphatic heterocycles. The summed E-state index contributed by atoms with van der Waals surface area (Å²) >= 11 is 0. The monoisotopic (exact) mass is 359 g/mol. The van der Waals surface area contributed by atoms with E-state index >= 15 is 0 Å². The van der Waals surface area contributed by atoms with Crippen LogP contribution in [-0.4, -0.2) is 40.8 Å².